The van der Waals surface area contributed by atoms with E-state index < -0.39 is 53.4 Å². The molecule has 1 saturated heterocycles. The monoisotopic (exact) mass is 475 g/mol. The highest BCUT2D eigenvalue weighted by molar-refractivity contribution is 6.31. The zero-order chi connectivity index (χ0) is 24.0. The summed E-state index contributed by atoms with van der Waals surface area (Å²) in [5.41, 5.74) is -1.09. The van der Waals surface area contributed by atoms with Crippen molar-refractivity contribution in [1.82, 2.24) is 4.98 Å². The summed E-state index contributed by atoms with van der Waals surface area (Å²) in [6, 6.07) is 2.92. The van der Waals surface area contributed by atoms with Crippen molar-refractivity contribution in [3.8, 4) is 0 Å². The van der Waals surface area contributed by atoms with E-state index in [2.05, 4.69) is 4.98 Å². The van der Waals surface area contributed by atoms with E-state index in [4.69, 9.17) is 11.6 Å². The Bertz CT molecular complexity index is 1070. The molecule has 7 nitrogen and oxygen atoms in total. The average Bonchev–Trinajstić information content (AvgIpc) is 2.94. The summed E-state index contributed by atoms with van der Waals surface area (Å²) in [6.45, 7) is 2.80. The topological polar surface area (TPSA) is 94.0 Å². The molecule has 2 aromatic rings. The Labute approximate surface area is 184 Å². The largest absolute Gasteiger partial charge is 0.416 e. The minimum Gasteiger partial charge on any atom is -0.387 e. The zero-order valence-electron chi connectivity index (χ0n) is 16.8. The second-order valence-corrected chi connectivity index (χ2v) is 7.53. The molecule has 0 aliphatic carbocycles. The fourth-order valence-electron chi connectivity index (χ4n) is 3.48. The number of alkyl halides is 3. The number of aliphatic hydroxyl groups is 2. The Morgan fingerprint density at radius 3 is 2.47 bits per heavy atom. The maximum Gasteiger partial charge on any atom is 0.416 e. The number of rotatable bonds is 4. The fraction of sp³-hybridized carbons (Fsp3) is 0.350. The standard InChI is InChI=1S/C20H18ClF4N3O4/c1-3-27(11-4-5-13(22)12(21)8-11)18(31)15-16(29)17(30)19(32)28(15)14-7-10(20(23,24)25)6-9(2)26-14/h4-8,15-17,29-30H,3H2,1-2H3/t15-,16-,17-/m0/s1. The normalized spacial score (nSPS) is 21.2. The van der Waals surface area contributed by atoms with Crippen molar-refractivity contribution < 1.29 is 37.4 Å². The Balaban J connectivity index is 2.09. The molecule has 0 saturated carbocycles. The lowest BCUT2D eigenvalue weighted by Crippen LogP contribution is -2.51. The summed E-state index contributed by atoms with van der Waals surface area (Å²) in [5.74, 6) is -3.40. The van der Waals surface area contributed by atoms with Crippen LogP contribution in [0.15, 0.2) is 30.3 Å². The number of hydrogen-bond donors (Lipinski definition) is 2. The second-order valence-electron chi connectivity index (χ2n) is 7.12. The number of amides is 2. The number of hydrogen-bond acceptors (Lipinski definition) is 5. The predicted molar refractivity (Wildman–Crippen MR) is 107 cm³/mol. The van der Waals surface area contributed by atoms with Gasteiger partial charge >= 0.3 is 6.18 Å². The van der Waals surface area contributed by atoms with Gasteiger partial charge in [0.15, 0.2) is 6.10 Å². The highest BCUT2D eigenvalue weighted by Gasteiger charge is 2.53. The van der Waals surface area contributed by atoms with Crippen molar-refractivity contribution in [1.29, 1.82) is 0 Å². The van der Waals surface area contributed by atoms with Gasteiger partial charge in [0.05, 0.1) is 10.6 Å². The van der Waals surface area contributed by atoms with E-state index in [1.807, 2.05) is 0 Å². The predicted octanol–water partition coefficient (Wildman–Crippen LogP) is 2.69. The quantitative estimate of drug-likeness (QED) is 0.663. The molecule has 0 unspecified atom stereocenters. The molecule has 2 heterocycles. The number of nitrogens with zero attached hydrogens (tertiary/aromatic N) is 3. The van der Waals surface area contributed by atoms with Crippen LogP contribution in [0.4, 0.5) is 29.1 Å². The highest BCUT2D eigenvalue weighted by Crippen LogP contribution is 2.35. The zero-order valence-corrected chi connectivity index (χ0v) is 17.5. The molecule has 0 spiro atoms. The van der Waals surface area contributed by atoms with Gasteiger partial charge in [-0.05, 0) is 44.2 Å². The molecule has 1 aliphatic rings. The lowest BCUT2D eigenvalue weighted by molar-refractivity contribution is -0.137. The van der Waals surface area contributed by atoms with Gasteiger partial charge in [-0.25, -0.2) is 9.37 Å². The van der Waals surface area contributed by atoms with Gasteiger partial charge in [0.25, 0.3) is 11.8 Å². The van der Waals surface area contributed by atoms with E-state index in [1.54, 1.807) is 6.92 Å². The maximum atomic E-state index is 13.5. The average molecular weight is 476 g/mol. The lowest BCUT2D eigenvalue weighted by atomic mass is 10.1. The van der Waals surface area contributed by atoms with Crippen LogP contribution in [0.1, 0.15) is 18.2 Å². The number of carbonyl (C=O) groups is 2. The SMILES string of the molecule is CCN(C(=O)[C@@H]1[C@H](O)[C@H](O)C(=O)N1c1cc(C(F)(F)F)cc(C)n1)c1ccc(F)c(Cl)c1. The van der Waals surface area contributed by atoms with E-state index in [0.717, 1.165) is 23.1 Å². The first kappa shape index (κ1) is 23.9. The summed E-state index contributed by atoms with van der Waals surface area (Å²) in [6.07, 6.45) is -8.77. The van der Waals surface area contributed by atoms with Gasteiger partial charge < -0.3 is 15.1 Å². The van der Waals surface area contributed by atoms with E-state index in [-0.39, 0.29) is 22.9 Å². The van der Waals surface area contributed by atoms with Gasteiger partial charge in [-0.15, -0.1) is 0 Å². The molecule has 0 bridgehead atoms. The van der Waals surface area contributed by atoms with Crippen molar-refractivity contribution in [3.05, 3.63) is 52.4 Å². The van der Waals surface area contributed by atoms with Crippen molar-refractivity contribution in [2.75, 3.05) is 16.3 Å². The van der Waals surface area contributed by atoms with Gasteiger partial charge in [-0.2, -0.15) is 13.2 Å². The van der Waals surface area contributed by atoms with Gasteiger partial charge in [-0.3, -0.25) is 14.5 Å². The molecule has 3 rings (SSSR count). The van der Waals surface area contributed by atoms with Crippen molar-refractivity contribution in [3.63, 3.8) is 0 Å². The summed E-state index contributed by atoms with van der Waals surface area (Å²) in [7, 11) is 0. The Morgan fingerprint density at radius 1 is 1.25 bits per heavy atom. The third kappa shape index (κ3) is 4.27. The molecule has 1 fully saturated rings. The number of benzene rings is 1. The van der Waals surface area contributed by atoms with Crippen LogP contribution >= 0.6 is 11.6 Å². The summed E-state index contributed by atoms with van der Waals surface area (Å²) >= 11 is 5.77. The number of halogens is 5. The third-order valence-corrected chi connectivity index (χ3v) is 5.27. The van der Waals surface area contributed by atoms with E-state index in [9.17, 15) is 37.4 Å². The molecular weight excluding hydrogens is 458 g/mol. The lowest BCUT2D eigenvalue weighted by Gasteiger charge is -2.30. The van der Waals surface area contributed by atoms with Crippen LogP contribution in [0, 0.1) is 12.7 Å². The van der Waals surface area contributed by atoms with Crippen LogP contribution in [-0.2, 0) is 15.8 Å². The summed E-state index contributed by atoms with van der Waals surface area (Å²) in [5, 5.41) is 20.2. The second kappa shape index (κ2) is 8.64. The smallest absolute Gasteiger partial charge is 0.387 e. The van der Waals surface area contributed by atoms with Gasteiger partial charge in [0.2, 0.25) is 0 Å². The first-order valence-electron chi connectivity index (χ1n) is 9.38. The van der Waals surface area contributed by atoms with Gasteiger partial charge in [0.1, 0.15) is 23.8 Å². The Morgan fingerprint density at radius 2 is 1.91 bits per heavy atom. The molecular formula is C20H18ClF4N3O4. The molecule has 32 heavy (non-hydrogen) atoms. The number of likely N-dealkylation sites (N-methyl/N-ethyl adjacent to an activating group) is 1. The van der Waals surface area contributed by atoms with E-state index in [1.165, 1.54) is 13.0 Å². The molecule has 0 radical (unpaired) electrons. The fourth-order valence-corrected chi connectivity index (χ4v) is 3.65. The number of carbonyl (C=O) groups excluding carboxylic acids is 2. The molecule has 1 aromatic carbocycles. The first-order valence-corrected chi connectivity index (χ1v) is 9.76. The van der Waals surface area contributed by atoms with Crippen LogP contribution < -0.4 is 9.80 Å². The molecule has 172 valence electrons. The van der Waals surface area contributed by atoms with E-state index >= 15 is 0 Å². The number of aryl methyl sites for hydroxylation is 1. The minimum absolute atomic E-state index is 0.0167. The molecule has 12 heteroatoms. The molecule has 1 aromatic heterocycles. The molecule has 3 atom stereocenters. The molecule has 2 N–H and O–H groups in total. The summed E-state index contributed by atoms with van der Waals surface area (Å²) in [4.78, 5) is 31.4. The number of aliphatic hydroxyl groups excluding tert-OH is 2. The highest BCUT2D eigenvalue weighted by atomic mass is 35.5. The van der Waals surface area contributed by atoms with Gasteiger partial charge in [0, 0.05) is 17.9 Å². The van der Waals surface area contributed by atoms with E-state index in [0.29, 0.717) is 11.0 Å². The number of anilines is 2. The van der Waals surface area contributed by atoms with Crippen LogP contribution in [0.25, 0.3) is 0 Å². The van der Waals surface area contributed by atoms with Crippen LogP contribution in [0.5, 0.6) is 0 Å². The van der Waals surface area contributed by atoms with Crippen molar-refractivity contribution in [2.45, 2.75) is 38.3 Å². The van der Waals surface area contributed by atoms with Crippen LogP contribution in [0.3, 0.4) is 0 Å². The van der Waals surface area contributed by atoms with Crippen LogP contribution in [0.2, 0.25) is 5.02 Å². The third-order valence-electron chi connectivity index (χ3n) is 4.98. The number of pyridine rings is 1. The first-order chi connectivity index (χ1) is 14.9. The van der Waals surface area contributed by atoms with Crippen LogP contribution in [-0.4, -0.2) is 51.8 Å². The Kier molecular flexibility index (Phi) is 6.45. The molecule has 2 amide bonds. The van der Waals surface area contributed by atoms with Crippen molar-refractivity contribution in [2.24, 2.45) is 0 Å². The van der Waals surface area contributed by atoms with Crippen molar-refractivity contribution >= 4 is 34.9 Å². The number of aromatic nitrogens is 1. The van der Waals surface area contributed by atoms with Gasteiger partial charge in [-0.1, -0.05) is 11.6 Å². The Hall–Kier alpha value is -2.76. The molecule has 1 aliphatic heterocycles. The maximum absolute atomic E-state index is 13.5. The summed E-state index contributed by atoms with van der Waals surface area (Å²) < 4.78 is 53.3. The minimum atomic E-state index is -4.76.